The largest absolute Gasteiger partial charge is 0.508 e. The topological polar surface area (TPSA) is 107 Å². The predicted molar refractivity (Wildman–Crippen MR) is 106 cm³/mol. The van der Waals surface area contributed by atoms with Crippen molar-refractivity contribution in [2.45, 2.75) is 32.6 Å². The highest BCUT2D eigenvalue weighted by atomic mass is 32.2. The number of nitrogens with zero attached hydrogens (tertiary/aromatic N) is 1. The molecule has 1 fully saturated rings. The van der Waals surface area contributed by atoms with Gasteiger partial charge in [-0.2, -0.15) is 8.42 Å². The number of hydrogen-bond donors (Lipinski definition) is 3. The molecule has 0 bridgehead atoms. The Kier molecular flexibility index (Phi) is 5.79. The molecular weight excluding hydrogens is 380 g/mol. The third-order valence-electron chi connectivity index (χ3n) is 4.85. The Balaban J connectivity index is 1.78. The van der Waals surface area contributed by atoms with Crippen LogP contribution in [0.4, 0.5) is 5.69 Å². The molecule has 1 unspecified atom stereocenters. The Labute approximate surface area is 164 Å². The van der Waals surface area contributed by atoms with E-state index in [1.165, 1.54) is 6.07 Å². The molecule has 1 saturated heterocycles. The molecule has 7 nitrogen and oxygen atoms in total. The first-order valence-electron chi connectivity index (χ1n) is 9.22. The lowest BCUT2D eigenvalue weighted by atomic mass is 9.88. The Morgan fingerprint density at radius 2 is 1.86 bits per heavy atom. The second-order valence-electron chi connectivity index (χ2n) is 7.05. The van der Waals surface area contributed by atoms with Crippen molar-refractivity contribution in [3.8, 4) is 11.5 Å². The van der Waals surface area contributed by atoms with E-state index in [1.54, 1.807) is 24.3 Å². The average molecular weight is 404 g/mol. The lowest BCUT2D eigenvalue weighted by Crippen LogP contribution is -2.29. The molecular formula is C20H24N2O5S. The van der Waals surface area contributed by atoms with Gasteiger partial charge in [-0.3, -0.25) is 4.79 Å². The van der Waals surface area contributed by atoms with Crippen molar-refractivity contribution in [1.82, 2.24) is 4.72 Å². The molecule has 28 heavy (non-hydrogen) atoms. The maximum absolute atomic E-state index is 12.0. The third-order valence-corrected chi connectivity index (χ3v) is 6.24. The molecule has 0 saturated carbocycles. The summed E-state index contributed by atoms with van der Waals surface area (Å²) in [7, 11) is -3.96. The van der Waals surface area contributed by atoms with Gasteiger partial charge in [0.2, 0.25) is 0 Å². The fourth-order valence-electron chi connectivity index (χ4n) is 3.58. The van der Waals surface area contributed by atoms with Crippen molar-refractivity contribution in [1.29, 1.82) is 0 Å². The van der Waals surface area contributed by atoms with Crippen LogP contribution < -0.4 is 9.03 Å². The van der Waals surface area contributed by atoms with Crippen LogP contribution in [0.2, 0.25) is 0 Å². The quantitative estimate of drug-likeness (QED) is 0.657. The number of aromatic hydroxyl groups is 2. The third kappa shape index (κ3) is 4.39. The van der Waals surface area contributed by atoms with Crippen molar-refractivity contribution in [3.63, 3.8) is 0 Å². The summed E-state index contributed by atoms with van der Waals surface area (Å²) in [6, 6.07) is 12.1. The molecule has 1 atom stereocenters. The first-order valence-corrected chi connectivity index (χ1v) is 10.7. The van der Waals surface area contributed by atoms with Crippen LogP contribution in [0, 0.1) is 5.92 Å². The van der Waals surface area contributed by atoms with Gasteiger partial charge in [-0.1, -0.05) is 44.0 Å². The molecule has 0 aliphatic carbocycles. The van der Waals surface area contributed by atoms with Gasteiger partial charge in [-0.15, -0.1) is 0 Å². The number of phenols is 2. The molecule has 150 valence electrons. The maximum atomic E-state index is 12.0. The standard InChI is InChI=1S/C20H24N2O5S/c1-2-5-14(11-16-6-3-4-7-18(16)23)10-15-8-9-17(19(24)12-15)22-13-20(25)21-28(22,26)27/h3-4,6-9,12,14,23-24H,2,5,10-11,13H2,1H3,(H,21,25). The van der Waals surface area contributed by atoms with Gasteiger partial charge in [0.05, 0.1) is 5.69 Å². The monoisotopic (exact) mass is 404 g/mol. The molecule has 3 rings (SSSR count). The number of carbonyl (C=O) groups excluding carboxylic acids is 1. The fourth-order valence-corrected chi connectivity index (χ4v) is 4.74. The van der Waals surface area contributed by atoms with Crippen molar-refractivity contribution in [2.75, 3.05) is 10.8 Å². The first kappa shape index (κ1) is 20.0. The predicted octanol–water partition coefficient (Wildman–Crippen LogP) is 2.48. The number of amides is 1. The van der Waals surface area contributed by atoms with Crippen LogP contribution in [0.1, 0.15) is 30.9 Å². The molecule has 2 aromatic rings. The van der Waals surface area contributed by atoms with E-state index in [4.69, 9.17) is 0 Å². The van der Waals surface area contributed by atoms with Crippen molar-refractivity contribution >= 4 is 21.8 Å². The minimum Gasteiger partial charge on any atom is -0.508 e. The number of phenolic OH excluding ortho intramolecular Hbond substituents is 2. The second-order valence-corrected chi connectivity index (χ2v) is 8.65. The van der Waals surface area contributed by atoms with Gasteiger partial charge in [0.25, 0.3) is 5.91 Å². The number of nitrogens with one attached hydrogen (secondary N) is 1. The van der Waals surface area contributed by atoms with Crippen molar-refractivity contribution < 1.29 is 23.4 Å². The van der Waals surface area contributed by atoms with Gasteiger partial charge in [0.1, 0.15) is 18.0 Å². The minimum absolute atomic E-state index is 0.0786. The number of anilines is 1. The van der Waals surface area contributed by atoms with Crippen molar-refractivity contribution in [2.24, 2.45) is 5.92 Å². The Bertz CT molecular complexity index is 974. The average Bonchev–Trinajstić information content (AvgIpc) is 2.89. The highest BCUT2D eigenvalue weighted by Gasteiger charge is 2.35. The van der Waals surface area contributed by atoms with E-state index in [0.29, 0.717) is 12.8 Å². The Morgan fingerprint density at radius 1 is 1.11 bits per heavy atom. The van der Waals surface area contributed by atoms with E-state index in [-0.39, 0.29) is 29.6 Å². The Hall–Kier alpha value is -2.74. The molecule has 0 radical (unpaired) electrons. The van der Waals surface area contributed by atoms with E-state index in [9.17, 15) is 23.4 Å². The maximum Gasteiger partial charge on any atom is 0.326 e. The zero-order chi connectivity index (χ0) is 20.3. The zero-order valence-electron chi connectivity index (χ0n) is 15.6. The van der Waals surface area contributed by atoms with Crippen LogP contribution in [-0.2, 0) is 27.8 Å². The first-order chi connectivity index (χ1) is 13.3. The second kappa shape index (κ2) is 8.10. The van der Waals surface area contributed by atoms with E-state index in [2.05, 4.69) is 6.92 Å². The summed E-state index contributed by atoms with van der Waals surface area (Å²) in [6.07, 6.45) is 3.33. The van der Waals surface area contributed by atoms with E-state index in [1.807, 2.05) is 16.9 Å². The van der Waals surface area contributed by atoms with Gasteiger partial charge in [0, 0.05) is 0 Å². The summed E-state index contributed by atoms with van der Waals surface area (Å²) in [6.45, 7) is 1.75. The van der Waals surface area contributed by atoms with Gasteiger partial charge in [-0.05, 0) is 48.1 Å². The van der Waals surface area contributed by atoms with Crippen LogP contribution in [0.25, 0.3) is 0 Å². The lowest BCUT2D eigenvalue weighted by molar-refractivity contribution is -0.117. The number of benzene rings is 2. The molecule has 3 N–H and O–H groups in total. The van der Waals surface area contributed by atoms with E-state index in [0.717, 1.165) is 28.3 Å². The lowest BCUT2D eigenvalue weighted by Gasteiger charge is -2.19. The smallest absolute Gasteiger partial charge is 0.326 e. The molecule has 0 spiro atoms. The number of rotatable bonds is 7. The SMILES string of the molecule is CCCC(Cc1ccc(N2CC(=O)NS2(=O)=O)c(O)c1)Cc1ccccc1O. The number of hydrogen-bond acceptors (Lipinski definition) is 5. The van der Waals surface area contributed by atoms with Crippen LogP contribution in [-0.4, -0.2) is 31.1 Å². The highest BCUT2D eigenvalue weighted by Crippen LogP contribution is 2.33. The van der Waals surface area contributed by atoms with Gasteiger partial charge >= 0.3 is 10.2 Å². The molecule has 2 aromatic carbocycles. The molecule has 1 heterocycles. The molecule has 1 aliphatic rings. The minimum atomic E-state index is -3.96. The normalized spacial score (nSPS) is 16.8. The summed E-state index contributed by atoms with van der Waals surface area (Å²) in [5.41, 5.74) is 1.83. The van der Waals surface area contributed by atoms with Gasteiger partial charge in [0.15, 0.2) is 0 Å². The fraction of sp³-hybridized carbons (Fsp3) is 0.350. The van der Waals surface area contributed by atoms with E-state index < -0.39 is 16.1 Å². The van der Waals surface area contributed by atoms with Crippen LogP contribution in [0.3, 0.4) is 0 Å². The molecule has 1 aliphatic heterocycles. The van der Waals surface area contributed by atoms with Crippen LogP contribution in [0.15, 0.2) is 42.5 Å². The highest BCUT2D eigenvalue weighted by molar-refractivity contribution is 7.92. The van der Waals surface area contributed by atoms with Gasteiger partial charge in [-0.25, -0.2) is 9.03 Å². The summed E-state index contributed by atoms with van der Waals surface area (Å²) >= 11 is 0. The van der Waals surface area contributed by atoms with Gasteiger partial charge < -0.3 is 10.2 Å². The van der Waals surface area contributed by atoms with Crippen molar-refractivity contribution in [3.05, 3.63) is 53.6 Å². The molecule has 1 amide bonds. The summed E-state index contributed by atoms with van der Waals surface area (Å²) in [5, 5.41) is 20.4. The summed E-state index contributed by atoms with van der Waals surface area (Å²) in [4.78, 5) is 11.4. The summed E-state index contributed by atoms with van der Waals surface area (Å²) < 4.78 is 26.7. The van der Waals surface area contributed by atoms with Crippen LogP contribution in [0.5, 0.6) is 11.5 Å². The Morgan fingerprint density at radius 3 is 2.46 bits per heavy atom. The summed E-state index contributed by atoms with van der Waals surface area (Å²) in [5.74, 6) is -0.273. The molecule has 8 heteroatoms. The zero-order valence-corrected chi connectivity index (χ0v) is 16.4. The number of carbonyl (C=O) groups is 1. The van der Waals surface area contributed by atoms with Crippen LogP contribution >= 0.6 is 0 Å². The van der Waals surface area contributed by atoms with E-state index >= 15 is 0 Å². The molecule has 0 aromatic heterocycles. The number of para-hydroxylation sites is 1.